The molecule has 1 aliphatic heterocycles. The Labute approximate surface area is 141 Å². The Kier molecular flexibility index (Phi) is 6.85. The molecule has 0 N–H and O–H groups in total. The molecule has 3 nitrogen and oxygen atoms in total. The fraction of sp³-hybridized carbons (Fsp3) is 0.550. The van der Waals surface area contributed by atoms with Crippen molar-refractivity contribution >= 4 is 12.0 Å². The van der Waals surface area contributed by atoms with Crippen LogP contribution in [0.4, 0.5) is 0 Å². The Hall–Kier alpha value is -1.61. The van der Waals surface area contributed by atoms with Crippen LogP contribution in [0.5, 0.6) is 0 Å². The quantitative estimate of drug-likeness (QED) is 0.797. The summed E-state index contributed by atoms with van der Waals surface area (Å²) >= 11 is 0. The average molecular weight is 314 g/mol. The molecule has 1 heterocycles. The van der Waals surface area contributed by atoms with Crippen LogP contribution in [0.1, 0.15) is 45.6 Å². The highest BCUT2D eigenvalue weighted by molar-refractivity contribution is 5.77. The number of piperazine rings is 1. The third-order valence-corrected chi connectivity index (χ3v) is 4.50. The van der Waals surface area contributed by atoms with E-state index in [0.29, 0.717) is 24.4 Å². The van der Waals surface area contributed by atoms with Crippen molar-refractivity contribution in [2.75, 3.05) is 19.6 Å². The summed E-state index contributed by atoms with van der Waals surface area (Å²) in [4.78, 5) is 16.9. The summed E-state index contributed by atoms with van der Waals surface area (Å²) < 4.78 is 0. The number of unbranched alkanes of at least 4 members (excludes halogenated alkanes) is 1. The lowest BCUT2D eigenvalue weighted by atomic mass is 10.1. The Morgan fingerprint density at radius 3 is 2.43 bits per heavy atom. The van der Waals surface area contributed by atoms with Gasteiger partial charge in [0.1, 0.15) is 0 Å². The second-order valence-corrected chi connectivity index (χ2v) is 6.63. The average Bonchev–Trinajstić information content (AvgIpc) is 2.53. The van der Waals surface area contributed by atoms with Crippen LogP contribution in [0.25, 0.3) is 6.08 Å². The number of rotatable bonds is 6. The number of hydrogen-bond acceptors (Lipinski definition) is 2. The molecule has 1 aliphatic rings. The van der Waals surface area contributed by atoms with E-state index in [4.69, 9.17) is 0 Å². The number of carbonyl (C=O) groups is 1. The summed E-state index contributed by atoms with van der Waals surface area (Å²) in [5.74, 6) is 0.325. The summed E-state index contributed by atoms with van der Waals surface area (Å²) in [7, 11) is 0. The highest BCUT2D eigenvalue weighted by Crippen LogP contribution is 2.18. The lowest BCUT2D eigenvalue weighted by Crippen LogP contribution is -2.58. The standard InChI is InChI=1S/C20H30N2O/c1-4-5-13-20(23)22-17(2)15-21(16-18(22)3)14-9-12-19-10-7-6-8-11-19/h6-12,17-18H,4-5,13-16H2,1-3H3. The van der Waals surface area contributed by atoms with Gasteiger partial charge in [0.2, 0.25) is 5.91 Å². The van der Waals surface area contributed by atoms with Crippen molar-refractivity contribution in [1.29, 1.82) is 0 Å². The molecule has 1 saturated heterocycles. The van der Waals surface area contributed by atoms with Gasteiger partial charge in [-0.3, -0.25) is 9.69 Å². The molecule has 126 valence electrons. The van der Waals surface area contributed by atoms with E-state index < -0.39 is 0 Å². The minimum absolute atomic E-state index is 0.299. The SMILES string of the molecule is CCCCC(=O)N1C(C)CN(CC=Cc2ccccc2)CC1C. The minimum Gasteiger partial charge on any atom is -0.335 e. The van der Waals surface area contributed by atoms with E-state index >= 15 is 0 Å². The number of benzene rings is 1. The first-order valence-electron chi connectivity index (χ1n) is 8.87. The Morgan fingerprint density at radius 1 is 1.17 bits per heavy atom. The molecule has 0 spiro atoms. The highest BCUT2D eigenvalue weighted by Gasteiger charge is 2.31. The molecule has 0 aliphatic carbocycles. The van der Waals surface area contributed by atoms with E-state index in [9.17, 15) is 4.79 Å². The predicted octanol–water partition coefficient (Wildman–Crippen LogP) is 3.81. The molecule has 0 aromatic heterocycles. The first-order valence-corrected chi connectivity index (χ1v) is 8.87. The molecular weight excluding hydrogens is 284 g/mol. The van der Waals surface area contributed by atoms with Gasteiger partial charge in [0.25, 0.3) is 0 Å². The smallest absolute Gasteiger partial charge is 0.223 e. The molecule has 1 aromatic rings. The van der Waals surface area contributed by atoms with Crippen LogP contribution in [0.2, 0.25) is 0 Å². The third kappa shape index (κ3) is 5.21. The van der Waals surface area contributed by atoms with Gasteiger partial charge in [-0.05, 0) is 25.8 Å². The molecule has 1 fully saturated rings. The number of nitrogens with zero attached hydrogens (tertiary/aromatic N) is 2. The lowest BCUT2D eigenvalue weighted by molar-refractivity contribution is -0.139. The van der Waals surface area contributed by atoms with Crippen LogP contribution in [0.15, 0.2) is 36.4 Å². The molecule has 3 heteroatoms. The topological polar surface area (TPSA) is 23.6 Å². The molecule has 2 unspecified atom stereocenters. The Bertz CT molecular complexity index is 500. The van der Waals surface area contributed by atoms with E-state index in [2.05, 4.69) is 67.0 Å². The van der Waals surface area contributed by atoms with Crippen LogP contribution in [-0.2, 0) is 4.79 Å². The van der Waals surface area contributed by atoms with Crippen molar-refractivity contribution in [3.63, 3.8) is 0 Å². The van der Waals surface area contributed by atoms with Gasteiger partial charge >= 0.3 is 0 Å². The lowest BCUT2D eigenvalue weighted by Gasteiger charge is -2.44. The number of hydrogen-bond donors (Lipinski definition) is 0. The fourth-order valence-electron chi connectivity index (χ4n) is 3.43. The maximum Gasteiger partial charge on any atom is 0.223 e. The Balaban J connectivity index is 1.86. The molecule has 2 atom stereocenters. The second kappa shape index (κ2) is 8.88. The first kappa shape index (κ1) is 17.7. The molecule has 0 radical (unpaired) electrons. The van der Waals surface area contributed by atoms with E-state index in [1.807, 2.05) is 6.07 Å². The summed E-state index contributed by atoms with van der Waals surface area (Å²) in [6, 6.07) is 11.0. The number of carbonyl (C=O) groups excluding carboxylic acids is 1. The van der Waals surface area contributed by atoms with Gasteiger partial charge in [-0.1, -0.05) is 55.8 Å². The maximum absolute atomic E-state index is 12.4. The van der Waals surface area contributed by atoms with Gasteiger partial charge in [-0.2, -0.15) is 0 Å². The second-order valence-electron chi connectivity index (χ2n) is 6.63. The molecule has 0 bridgehead atoms. The van der Waals surface area contributed by atoms with Crippen molar-refractivity contribution in [1.82, 2.24) is 9.80 Å². The molecule has 2 rings (SSSR count). The number of amides is 1. The fourth-order valence-corrected chi connectivity index (χ4v) is 3.43. The van der Waals surface area contributed by atoms with Crippen LogP contribution in [-0.4, -0.2) is 47.4 Å². The van der Waals surface area contributed by atoms with E-state index in [-0.39, 0.29) is 0 Å². The van der Waals surface area contributed by atoms with Gasteiger partial charge in [-0.15, -0.1) is 0 Å². The summed E-state index contributed by atoms with van der Waals surface area (Å²) in [6.45, 7) is 9.35. The van der Waals surface area contributed by atoms with Gasteiger partial charge in [0.15, 0.2) is 0 Å². The van der Waals surface area contributed by atoms with Gasteiger partial charge < -0.3 is 4.90 Å². The van der Waals surface area contributed by atoms with E-state index in [1.165, 1.54) is 5.56 Å². The van der Waals surface area contributed by atoms with Crippen LogP contribution >= 0.6 is 0 Å². The summed E-state index contributed by atoms with van der Waals surface area (Å²) in [5, 5.41) is 0. The highest BCUT2D eigenvalue weighted by atomic mass is 16.2. The Morgan fingerprint density at radius 2 is 1.83 bits per heavy atom. The van der Waals surface area contributed by atoms with Gasteiger partial charge in [-0.25, -0.2) is 0 Å². The van der Waals surface area contributed by atoms with E-state index in [1.54, 1.807) is 0 Å². The van der Waals surface area contributed by atoms with Crippen LogP contribution in [0, 0.1) is 0 Å². The first-order chi connectivity index (χ1) is 11.1. The largest absolute Gasteiger partial charge is 0.335 e. The van der Waals surface area contributed by atoms with Crippen LogP contribution in [0.3, 0.4) is 0 Å². The predicted molar refractivity (Wildman–Crippen MR) is 97.2 cm³/mol. The molecule has 0 saturated carbocycles. The monoisotopic (exact) mass is 314 g/mol. The van der Waals surface area contributed by atoms with Crippen molar-refractivity contribution in [3.8, 4) is 0 Å². The summed E-state index contributed by atoms with van der Waals surface area (Å²) in [6.07, 6.45) is 7.17. The minimum atomic E-state index is 0.299. The molecule has 1 aromatic carbocycles. The zero-order valence-corrected chi connectivity index (χ0v) is 14.7. The van der Waals surface area contributed by atoms with Gasteiger partial charge in [0.05, 0.1) is 0 Å². The third-order valence-electron chi connectivity index (χ3n) is 4.50. The van der Waals surface area contributed by atoms with Crippen LogP contribution < -0.4 is 0 Å². The van der Waals surface area contributed by atoms with Crippen molar-refractivity contribution in [2.24, 2.45) is 0 Å². The maximum atomic E-state index is 12.4. The molecule has 1 amide bonds. The van der Waals surface area contributed by atoms with Crippen molar-refractivity contribution in [2.45, 2.75) is 52.1 Å². The molecular formula is C20H30N2O. The van der Waals surface area contributed by atoms with E-state index in [0.717, 1.165) is 32.5 Å². The zero-order chi connectivity index (χ0) is 16.7. The summed E-state index contributed by atoms with van der Waals surface area (Å²) in [5.41, 5.74) is 1.24. The van der Waals surface area contributed by atoms with Crippen molar-refractivity contribution in [3.05, 3.63) is 42.0 Å². The normalized spacial score (nSPS) is 22.7. The van der Waals surface area contributed by atoms with Crippen molar-refractivity contribution < 1.29 is 4.79 Å². The molecule has 23 heavy (non-hydrogen) atoms. The zero-order valence-electron chi connectivity index (χ0n) is 14.7. The van der Waals surface area contributed by atoms with Gasteiger partial charge in [0, 0.05) is 38.1 Å².